The number of nitrogens with zero attached hydrogens (tertiary/aromatic N) is 1. The molecule has 0 aromatic heterocycles. The first-order valence-corrected chi connectivity index (χ1v) is 8.71. The summed E-state index contributed by atoms with van der Waals surface area (Å²) in [4.78, 5) is 23.4. The molecule has 1 aromatic rings. The van der Waals surface area contributed by atoms with Crippen LogP contribution in [0.3, 0.4) is 0 Å². The normalized spacial score (nSPS) is 11.0. The Hall–Kier alpha value is -1.66. The summed E-state index contributed by atoms with van der Waals surface area (Å²) >= 11 is 2.90. The number of hydrogen-bond acceptors (Lipinski definition) is 5. The van der Waals surface area contributed by atoms with E-state index in [0.29, 0.717) is 6.54 Å². The number of ether oxygens (including phenoxy) is 2. The van der Waals surface area contributed by atoms with Gasteiger partial charge in [-0.1, -0.05) is 52.3 Å². The molecule has 0 saturated heterocycles. The lowest BCUT2D eigenvalue weighted by Gasteiger charge is -2.28. The standard InChI is InChI=1S/C15H21NO2.C3H5BrO2/c1-4-5-11-16(12-15(17)18-3)13(2)14-9-7-6-8-10-14;1-6-3(5)2-4/h4,6-10,13H,1,5,11-12H2,2-3H3;2H2,1H3/t13-;/m1./s1. The van der Waals surface area contributed by atoms with Crippen LogP contribution in [0.4, 0.5) is 0 Å². The van der Waals surface area contributed by atoms with Crippen LogP contribution < -0.4 is 0 Å². The molecule has 0 heterocycles. The molecule has 134 valence electrons. The van der Waals surface area contributed by atoms with Gasteiger partial charge < -0.3 is 9.47 Å². The molecule has 0 aliphatic rings. The number of halogens is 1. The quantitative estimate of drug-likeness (QED) is 0.381. The summed E-state index contributed by atoms with van der Waals surface area (Å²) in [5, 5.41) is 0.281. The van der Waals surface area contributed by atoms with Gasteiger partial charge in [0.05, 0.1) is 20.8 Å². The average Bonchev–Trinajstić information content (AvgIpc) is 2.64. The van der Waals surface area contributed by atoms with Gasteiger partial charge in [-0.05, 0) is 18.9 Å². The monoisotopic (exact) mass is 399 g/mol. The second kappa shape index (κ2) is 13.7. The number of hydrogen-bond donors (Lipinski definition) is 0. The number of alkyl halides is 1. The maximum atomic E-state index is 11.4. The number of rotatable bonds is 8. The number of carbonyl (C=O) groups is 2. The maximum absolute atomic E-state index is 11.4. The first-order valence-electron chi connectivity index (χ1n) is 7.59. The second-order valence-corrected chi connectivity index (χ2v) is 5.48. The van der Waals surface area contributed by atoms with E-state index in [9.17, 15) is 9.59 Å². The van der Waals surface area contributed by atoms with Crippen molar-refractivity contribution in [2.45, 2.75) is 19.4 Å². The molecular formula is C18H26BrNO4. The van der Waals surface area contributed by atoms with Gasteiger partial charge in [-0.2, -0.15) is 0 Å². The summed E-state index contributed by atoms with van der Waals surface area (Å²) in [7, 11) is 2.77. The fourth-order valence-corrected chi connectivity index (χ4v) is 2.12. The van der Waals surface area contributed by atoms with Gasteiger partial charge in [0.15, 0.2) is 0 Å². The summed E-state index contributed by atoms with van der Waals surface area (Å²) in [5.41, 5.74) is 1.20. The predicted octanol–water partition coefficient (Wildman–Crippen LogP) is 3.35. The molecule has 0 aliphatic heterocycles. The zero-order chi connectivity index (χ0) is 18.4. The highest BCUT2D eigenvalue weighted by Crippen LogP contribution is 2.19. The highest BCUT2D eigenvalue weighted by molar-refractivity contribution is 9.09. The lowest BCUT2D eigenvalue weighted by molar-refractivity contribution is -0.142. The minimum Gasteiger partial charge on any atom is -0.468 e. The van der Waals surface area contributed by atoms with Gasteiger partial charge in [0.2, 0.25) is 0 Å². The van der Waals surface area contributed by atoms with E-state index >= 15 is 0 Å². The van der Waals surface area contributed by atoms with Crippen LogP contribution in [0.25, 0.3) is 0 Å². The summed E-state index contributed by atoms with van der Waals surface area (Å²) in [6, 6.07) is 10.3. The number of benzene rings is 1. The van der Waals surface area contributed by atoms with E-state index in [2.05, 4.69) is 51.2 Å². The van der Waals surface area contributed by atoms with Crippen LogP contribution in [-0.4, -0.2) is 49.5 Å². The number of esters is 2. The highest BCUT2D eigenvalue weighted by Gasteiger charge is 2.18. The smallest absolute Gasteiger partial charge is 0.319 e. The molecule has 0 aliphatic carbocycles. The van der Waals surface area contributed by atoms with E-state index in [-0.39, 0.29) is 23.3 Å². The molecule has 0 saturated carbocycles. The van der Waals surface area contributed by atoms with Crippen molar-refractivity contribution in [1.29, 1.82) is 0 Å². The average molecular weight is 400 g/mol. The van der Waals surface area contributed by atoms with E-state index < -0.39 is 0 Å². The van der Waals surface area contributed by atoms with Gasteiger partial charge in [0.25, 0.3) is 0 Å². The highest BCUT2D eigenvalue weighted by atomic mass is 79.9. The molecule has 1 rings (SSSR count). The van der Waals surface area contributed by atoms with Gasteiger partial charge in [-0.25, -0.2) is 0 Å². The fraction of sp³-hybridized carbons (Fsp3) is 0.444. The lowest BCUT2D eigenvalue weighted by atomic mass is 10.1. The molecule has 0 amide bonds. The SMILES string of the molecule is C=CCCN(CC(=O)OC)[C@H](C)c1ccccc1.COC(=O)CBr. The van der Waals surface area contributed by atoms with Crippen LogP contribution in [0.1, 0.15) is 24.9 Å². The topological polar surface area (TPSA) is 55.8 Å². The van der Waals surface area contributed by atoms with Crippen LogP contribution in [0.15, 0.2) is 43.0 Å². The van der Waals surface area contributed by atoms with E-state index in [1.165, 1.54) is 19.8 Å². The Bertz CT molecular complexity index is 487. The number of carbonyl (C=O) groups excluding carboxylic acids is 2. The van der Waals surface area contributed by atoms with Crippen molar-refractivity contribution in [3.8, 4) is 0 Å². The Labute approximate surface area is 152 Å². The summed E-state index contributed by atoms with van der Waals surface area (Å²) in [6.45, 7) is 6.93. The zero-order valence-electron chi connectivity index (χ0n) is 14.5. The minimum atomic E-state index is -0.241. The van der Waals surface area contributed by atoms with Crippen LogP contribution in [0, 0.1) is 0 Å². The van der Waals surface area contributed by atoms with Crippen molar-refractivity contribution in [3.63, 3.8) is 0 Å². The van der Waals surface area contributed by atoms with Gasteiger partial charge in [-0.15, -0.1) is 6.58 Å². The van der Waals surface area contributed by atoms with E-state index in [0.717, 1.165) is 13.0 Å². The van der Waals surface area contributed by atoms with Crippen molar-refractivity contribution >= 4 is 27.9 Å². The third kappa shape index (κ3) is 9.47. The summed E-state index contributed by atoms with van der Waals surface area (Å²) < 4.78 is 8.95. The molecule has 0 fully saturated rings. The van der Waals surface area contributed by atoms with Crippen molar-refractivity contribution < 1.29 is 19.1 Å². The molecule has 1 aromatic carbocycles. The molecule has 0 radical (unpaired) electrons. The van der Waals surface area contributed by atoms with Gasteiger partial charge in [0, 0.05) is 12.6 Å². The van der Waals surface area contributed by atoms with E-state index in [1.54, 1.807) is 0 Å². The Morgan fingerprint density at radius 3 is 2.21 bits per heavy atom. The largest absolute Gasteiger partial charge is 0.468 e. The van der Waals surface area contributed by atoms with Crippen molar-refractivity contribution in [3.05, 3.63) is 48.6 Å². The van der Waals surface area contributed by atoms with E-state index in [1.807, 2.05) is 24.3 Å². The number of methoxy groups -OCH3 is 2. The molecular weight excluding hydrogens is 374 g/mol. The first-order chi connectivity index (χ1) is 11.5. The molecule has 0 unspecified atom stereocenters. The molecule has 0 N–H and O–H groups in total. The second-order valence-electron chi connectivity index (χ2n) is 4.92. The van der Waals surface area contributed by atoms with Crippen molar-refractivity contribution in [1.82, 2.24) is 4.90 Å². The van der Waals surface area contributed by atoms with Crippen LogP contribution in [0.5, 0.6) is 0 Å². The molecule has 5 nitrogen and oxygen atoms in total. The molecule has 6 heteroatoms. The van der Waals surface area contributed by atoms with Crippen LogP contribution in [0.2, 0.25) is 0 Å². The third-order valence-electron chi connectivity index (χ3n) is 3.35. The summed E-state index contributed by atoms with van der Waals surface area (Å²) in [5.74, 6) is -0.447. The Balaban J connectivity index is 0.000000754. The molecule has 24 heavy (non-hydrogen) atoms. The Morgan fingerprint density at radius 1 is 1.21 bits per heavy atom. The van der Waals surface area contributed by atoms with Gasteiger partial charge in [-0.3, -0.25) is 14.5 Å². The van der Waals surface area contributed by atoms with E-state index in [4.69, 9.17) is 4.74 Å². The fourth-order valence-electron chi connectivity index (χ4n) is 1.89. The lowest BCUT2D eigenvalue weighted by Crippen LogP contribution is -2.33. The Morgan fingerprint density at radius 2 is 1.79 bits per heavy atom. The van der Waals surface area contributed by atoms with Crippen molar-refractivity contribution in [2.75, 3.05) is 32.6 Å². The minimum absolute atomic E-state index is 0.185. The van der Waals surface area contributed by atoms with Gasteiger partial charge >= 0.3 is 11.9 Å². The predicted molar refractivity (Wildman–Crippen MR) is 99.1 cm³/mol. The Kier molecular flexibility index (Phi) is 12.8. The molecule has 0 spiro atoms. The molecule has 1 atom stereocenters. The maximum Gasteiger partial charge on any atom is 0.319 e. The van der Waals surface area contributed by atoms with Crippen LogP contribution in [-0.2, 0) is 19.1 Å². The molecule has 0 bridgehead atoms. The zero-order valence-corrected chi connectivity index (χ0v) is 16.1. The van der Waals surface area contributed by atoms with Crippen molar-refractivity contribution in [2.24, 2.45) is 0 Å². The first kappa shape index (κ1) is 22.3. The van der Waals surface area contributed by atoms with Crippen LogP contribution >= 0.6 is 15.9 Å². The van der Waals surface area contributed by atoms with Gasteiger partial charge in [0.1, 0.15) is 5.33 Å². The third-order valence-corrected chi connectivity index (χ3v) is 3.80. The summed E-state index contributed by atoms with van der Waals surface area (Å²) in [6.07, 6.45) is 2.72.